The Hall–Kier alpha value is -1.27. The quantitative estimate of drug-likeness (QED) is 0.827. The number of aromatic amines is 1. The van der Waals surface area contributed by atoms with Crippen LogP contribution >= 0.6 is 10.7 Å². The van der Waals surface area contributed by atoms with E-state index in [0.29, 0.717) is 12.1 Å². The molecule has 1 aromatic carbocycles. The zero-order valence-electron chi connectivity index (χ0n) is 8.40. The Bertz CT molecular complexity index is 699. The highest BCUT2D eigenvalue weighted by Gasteiger charge is 2.18. The number of benzene rings is 1. The Morgan fingerprint density at radius 2 is 2.12 bits per heavy atom. The second-order valence-corrected chi connectivity index (χ2v) is 5.81. The topological polar surface area (TPSA) is 71.9 Å². The lowest BCUT2D eigenvalue weighted by Gasteiger charge is -2.00. The maximum atomic E-state index is 11.6. The van der Waals surface area contributed by atoms with E-state index in [1.165, 1.54) is 6.07 Å². The molecule has 0 fully saturated rings. The number of nitrogens with one attached hydrogen (secondary N) is 1. The van der Waals surface area contributed by atoms with Gasteiger partial charge in [-0.2, -0.15) is 0 Å². The number of hydrogen-bond donors (Lipinski definition) is 1. The van der Waals surface area contributed by atoms with E-state index in [-0.39, 0.29) is 10.3 Å². The van der Waals surface area contributed by atoms with E-state index in [4.69, 9.17) is 10.7 Å². The molecule has 5 nitrogen and oxygen atoms in total. The molecule has 0 saturated heterocycles. The fourth-order valence-electron chi connectivity index (χ4n) is 1.66. The molecule has 0 aliphatic rings. The van der Waals surface area contributed by atoms with Crippen LogP contribution in [0.2, 0.25) is 0 Å². The van der Waals surface area contributed by atoms with Crippen LogP contribution in [0.15, 0.2) is 27.9 Å². The Labute approximate surface area is 96.0 Å². The average molecular weight is 261 g/mol. The third-order valence-corrected chi connectivity index (χ3v) is 3.70. The Morgan fingerprint density at radius 1 is 1.44 bits per heavy atom. The molecule has 16 heavy (non-hydrogen) atoms. The van der Waals surface area contributed by atoms with Crippen LogP contribution in [0, 0.1) is 0 Å². The van der Waals surface area contributed by atoms with Gasteiger partial charge in [-0.3, -0.25) is 14.6 Å². The van der Waals surface area contributed by atoms with Crippen LogP contribution in [-0.4, -0.2) is 18.2 Å². The van der Waals surface area contributed by atoms with E-state index in [9.17, 15) is 13.2 Å². The summed E-state index contributed by atoms with van der Waals surface area (Å²) in [5.74, 6) is 0. The molecule has 7 heteroatoms. The van der Waals surface area contributed by atoms with Crippen LogP contribution in [0.4, 0.5) is 0 Å². The first-order valence-electron chi connectivity index (χ1n) is 4.61. The maximum absolute atomic E-state index is 11.6. The van der Waals surface area contributed by atoms with Gasteiger partial charge in [0.15, 0.2) is 0 Å². The normalized spacial score (nSPS) is 12.1. The van der Waals surface area contributed by atoms with Gasteiger partial charge in [-0.25, -0.2) is 8.42 Å². The second kappa shape index (κ2) is 3.64. The van der Waals surface area contributed by atoms with Gasteiger partial charge in [0, 0.05) is 17.2 Å². The third-order valence-electron chi connectivity index (χ3n) is 2.34. The maximum Gasteiger partial charge on any atom is 0.273 e. The summed E-state index contributed by atoms with van der Waals surface area (Å²) in [6.45, 7) is 2.39. The largest absolute Gasteiger partial charge is 0.285 e. The standard InChI is InChI=1S/C9H9ClN2O3S/c1-2-12-6-4-3-5-7(16(10,14)15)8(6)9(13)11-12/h3-5H,2H2,1H3,(H,11,13). The van der Waals surface area contributed by atoms with Crippen molar-refractivity contribution in [1.82, 2.24) is 9.78 Å². The minimum absolute atomic E-state index is 0.111. The number of rotatable bonds is 2. The number of hydrogen-bond acceptors (Lipinski definition) is 3. The van der Waals surface area contributed by atoms with Crippen LogP contribution in [0.5, 0.6) is 0 Å². The van der Waals surface area contributed by atoms with Crippen molar-refractivity contribution in [3.63, 3.8) is 0 Å². The molecule has 0 saturated carbocycles. The molecule has 1 heterocycles. The fourth-order valence-corrected chi connectivity index (χ4v) is 2.73. The number of fused-ring (bicyclic) bond motifs is 1. The van der Waals surface area contributed by atoms with Crippen LogP contribution < -0.4 is 5.56 Å². The molecule has 0 bridgehead atoms. The molecule has 0 aliphatic carbocycles. The molecular weight excluding hydrogens is 252 g/mol. The lowest BCUT2D eigenvalue weighted by atomic mass is 10.2. The predicted octanol–water partition coefficient (Wildman–Crippen LogP) is 1.28. The lowest BCUT2D eigenvalue weighted by Crippen LogP contribution is -2.05. The minimum Gasteiger partial charge on any atom is -0.285 e. The van der Waals surface area contributed by atoms with E-state index in [2.05, 4.69) is 5.10 Å². The van der Waals surface area contributed by atoms with Crippen molar-refractivity contribution in [2.75, 3.05) is 0 Å². The monoisotopic (exact) mass is 260 g/mol. The first-order valence-corrected chi connectivity index (χ1v) is 6.92. The van der Waals surface area contributed by atoms with Crippen molar-refractivity contribution in [2.45, 2.75) is 18.4 Å². The Morgan fingerprint density at radius 3 is 2.69 bits per heavy atom. The number of halogens is 1. The van der Waals surface area contributed by atoms with Gasteiger partial charge in [-0.15, -0.1) is 0 Å². The van der Waals surface area contributed by atoms with Crippen LogP contribution in [-0.2, 0) is 15.6 Å². The molecule has 0 unspecified atom stereocenters. The predicted molar refractivity (Wildman–Crippen MR) is 61.3 cm³/mol. The average Bonchev–Trinajstić information content (AvgIpc) is 2.54. The molecule has 0 spiro atoms. The fraction of sp³-hybridized carbons (Fsp3) is 0.222. The summed E-state index contributed by atoms with van der Waals surface area (Å²) >= 11 is 0. The molecular formula is C9H9ClN2O3S. The van der Waals surface area contributed by atoms with Crippen LogP contribution in [0.25, 0.3) is 10.9 Å². The number of nitrogens with zero attached hydrogens (tertiary/aromatic N) is 1. The summed E-state index contributed by atoms with van der Waals surface area (Å²) in [4.78, 5) is 11.5. The highest BCUT2D eigenvalue weighted by Crippen LogP contribution is 2.22. The van der Waals surface area contributed by atoms with E-state index in [0.717, 1.165) is 0 Å². The van der Waals surface area contributed by atoms with Gasteiger partial charge in [-0.1, -0.05) is 6.07 Å². The molecule has 0 radical (unpaired) electrons. The summed E-state index contributed by atoms with van der Waals surface area (Å²) in [6, 6.07) is 4.54. The summed E-state index contributed by atoms with van der Waals surface area (Å²) < 4.78 is 24.2. The molecule has 86 valence electrons. The first-order chi connectivity index (χ1) is 7.45. The van der Waals surface area contributed by atoms with Gasteiger partial charge in [0.2, 0.25) is 0 Å². The van der Waals surface area contributed by atoms with Crippen molar-refractivity contribution in [2.24, 2.45) is 0 Å². The van der Waals surface area contributed by atoms with Crippen molar-refractivity contribution in [3.8, 4) is 0 Å². The number of H-pyrrole nitrogens is 1. The zero-order valence-corrected chi connectivity index (χ0v) is 9.97. The zero-order chi connectivity index (χ0) is 11.9. The van der Waals surface area contributed by atoms with Gasteiger partial charge in [0.25, 0.3) is 14.6 Å². The summed E-state index contributed by atoms with van der Waals surface area (Å²) in [7, 11) is 1.36. The molecule has 2 rings (SSSR count). The molecule has 1 aromatic heterocycles. The van der Waals surface area contributed by atoms with Gasteiger partial charge in [0.1, 0.15) is 0 Å². The third kappa shape index (κ3) is 1.64. The molecule has 0 amide bonds. The summed E-state index contributed by atoms with van der Waals surface area (Å²) in [6.07, 6.45) is 0. The van der Waals surface area contributed by atoms with Gasteiger partial charge >= 0.3 is 0 Å². The lowest BCUT2D eigenvalue weighted by molar-refractivity contribution is 0.610. The van der Waals surface area contributed by atoms with E-state index in [1.807, 2.05) is 6.92 Å². The van der Waals surface area contributed by atoms with Crippen molar-refractivity contribution in [1.29, 1.82) is 0 Å². The summed E-state index contributed by atoms with van der Waals surface area (Å²) in [5, 5.41) is 2.66. The van der Waals surface area contributed by atoms with Gasteiger partial charge in [-0.05, 0) is 19.1 Å². The van der Waals surface area contributed by atoms with Crippen LogP contribution in [0.1, 0.15) is 6.92 Å². The Balaban J connectivity index is 3.00. The van der Waals surface area contributed by atoms with Gasteiger partial charge in [0.05, 0.1) is 15.8 Å². The van der Waals surface area contributed by atoms with Gasteiger partial charge < -0.3 is 0 Å². The van der Waals surface area contributed by atoms with Crippen molar-refractivity contribution >= 4 is 30.6 Å². The highest BCUT2D eigenvalue weighted by atomic mass is 35.7. The molecule has 2 aromatic rings. The first kappa shape index (κ1) is 11.2. The SMILES string of the molecule is CCn1[nH]c(=O)c2c(S(=O)(=O)Cl)cccc21. The molecule has 0 atom stereocenters. The summed E-state index contributed by atoms with van der Waals surface area (Å²) in [5.41, 5.74) is 0.0888. The molecule has 1 N–H and O–H groups in total. The highest BCUT2D eigenvalue weighted by molar-refractivity contribution is 8.14. The van der Waals surface area contributed by atoms with E-state index in [1.54, 1.807) is 16.8 Å². The number of aryl methyl sites for hydroxylation is 1. The van der Waals surface area contributed by atoms with Crippen LogP contribution in [0.3, 0.4) is 0 Å². The molecule has 0 aliphatic heterocycles. The van der Waals surface area contributed by atoms with E-state index >= 15 is 0 Å². The second-order valence-electron chi connectivity index (χ2n) is 3.27. The minimum atomic E-state index is -3.91. The Kier molecular flexibility index (Phi) is 2.55. The van der Waals surface area contributed by atoms with Crippen molar-refractivity contribution < 1.29 is 8.42 Å². The van der Waals surface area contributed by atoms with Crippen molar-refractivity contribution in [3.05, 3.63) is 28.6 Å². The number of aromatic nitrogens is 2. The van der Waals surface area contributed by atoms with E-state index < -0.39 is 14.6 Å². The smallest absolute Gasteiger partial charge is 0.273 e.